The number of morpholine rings is 1. The molecule has 0 spiro atoms. The predicted octanol–water partition coefficient (Wildman–Crippen LogP) is 0.196. The van der Waals surface area contributed by atoms with Gasteiger partial charge in [0.05, 0.1) is 12.2 Å². The molecule has 1 aromatic rings. The van der Waals surface area contributed by atoms with E-state index in [-0.39, 0.29) is 11.7 Å². The molecule has 2 fully saturated rings. The van der Waals surface area contributed by atoms with Crippen LogP contribution in [0.2, 0.25) is 0 Å². The number of aromatic nitrogens is 2. The van der Waals surface area contributed by atoms with Crippen LogP contribution < -0.4 is 11.3 Å². The molecule has 0 aliphatic carbocycles. The third-order valence-electron chi connectivity index (χ3n) is 3.90. The van der Waals surface area contributed by atoms with Crippen molar-refractivity contribution in [2.24, 2.45) is 0 Å². The molecule has 3 rings (SSSR count). The van der Waals surface area contributed by atoms with Gasteiger partial charge in [-0.2, -0.15) is 0 Å². The first-order valence-corrected chi connectivity index (χ1v) is 6.37. The van der Waals surface area contributed by atoms with Crippen LogP contribution in [0.5, 0.6) is 0 Å². The van der Waals surface area contributed by atoms with Gasteiger partial charge in [-0.15, -0.1) is 0 Å². The second kappa shape index (κ2) is 4.37. The van der Waals surface area contributed by atoms with Crippen molar-refractivity contribution in [1.29, 1.82) is 0 Å². The SMILES string of the molecule is Cc1c(N)nc(C2CN3CCCC3CO2)[nH]c1=O. The summed E-state index contributed by atoms with van der Waals surface area (Å²) in [5.41, 5.74) is 6.02. The van der Waals surface area contributed by atoms with Crippen molar-refractivity contribution < 1.29 is 4.74 Å². The number of hydrogen-bond donors (Lipinski definition) is 2. The van der Waals surface area contributed by atoms with Crippen molar-refractivity contribution in [3.05, 3.63) is 21.7 Å². The van der Waals surface area contributed by atoms with Gasteiger partial charge in [0.25, 0.3) is 5.56 Å². The number of H-pyrrole nitrogens is 1. The maximum Gasteiger partial charge on any atom is 0.255 e. The maximum absolute atomic E-state index is 11.7. The normalized spacial score (nSPS) is 28.3. The zero-order valence-electron chi connectivity index (χ0n) is 10.5. The van der Waals surface area contributed by atoms with Crippen molar-refractivity contribution in [3.8, 4) is 0 Å². The second-order valence-electron chi connectivity index (χ2n) is 5.07. The van der Waals surface area contributed by atoms with Crippen LogP contribution in [0.15, 0.2) is 4.79 Å². The Morgan fingerprint density at radius 1 is 1.56 bits per heavy atom. The Kier molecular flexibility index (Phi) is 2.83. The molecule has 2 unspecified atom stereocenters. The number of nitrogens with two attached hydrogens (primary N) is 1. The Balaban J connectivity index is 1.85. The number of fused-ring (bicyclic) bond motifs is 1. The summed E-state index contributed by atoms with van der Waals surface area (Å²) in [4.78, 5) is 21.1. The van der Waals surface area contributed by atoms with E-state index in [4.69, 9.17) is 10.5 Å². The quantitative estimate of drug-likeness (QED) is 0.743. The number of nitrogens with zero attached hydrogens (tertiary/aromatic N) is 2. The summed E-state index contributed by atoms with van der Waals surface area (Å²) in [6.45, 7) is 4.28. The van der Waals surface area contributed by atoms with Crippen LogP contribution in [0, 0.1) is 6.92 Å². The molecular weight excluding hydrogens is 232 g/mol. The Morgan fingerprint density at radius 2 is 2.39 bits per heavy atom. The molecule has 0 radical (unpaired) electrons. The fraction of sp³-hybridized carbons (Fsp3) is 0.667. The fourth-order valence-electron chi connectivity index (χ4n) is 2.70. The topological polar surface area (TPSA) is 84.2 Å². The lowest BCUT2D eigenvalue weighted by Gasteiger charge is -2.34. The molecule has 0 bridgehead atoms. The summed E-state index contributed by atoms with van der Waals surface area (Å²) in [5, 5.41) is 0. The van der Waals surface area contributed by atoms with Crippen LogP contribution in [0.4, 0.5) is 5.82 Å². The standard InChI is InChI=1S/C12H18N4O2/c1-7-10(13)14-11(15-12(7)17)9-5-16-4-2-3-8(16)6-18-9/h8-9H,2-6H2,1H3,(H3,13,14,15,17). The second-order valence-corrected chi connectivity index (χ2v) is 5.07. The highest BCUT2D eigenvalue weighted by atomic mass is 16.5. The van der Waals surface area contributed by atoms with Gasteiger partial charge in [0.15, 0.2) is 0 Å². The van der Waals surface area contributed by atoms with Crippen LogP contribution >= 0.6 is 0 Å². The zero-order chi connectivity index (χ0) is 12.7. The minimum Gasteiger partial charge on any atom is -0.383 e. The molecule has 3 heterocycles. The molecule has 6 nitrogen and oxygen atoms in total. The van der Waals surface area contributed by atoms with Gasteiger partial charge in [0.1, 0.15) is 17.7 Å². The number of aromatic amines is 1. The molecule has 2 aliphatic rings. The third kappa shape index (κ3) is 1.91. The van der Waals surface area contributed by atoms with Crippen LogP contribution in [-0.2, 0) is 4.74 Å². The molecular formula is C12H18N4O2. The van der Waals surface area contributed by atoms with Gasteiger partial charge >= 0.3 is 0 Å². The molecule has 98 valence electrons. The lowest BCUT2D eigenvalue weighted by molar-refractivity contribution is -0.0541. The average molecular weight is 250 g/mol. The first-order chi connectivity index (χ1) is 8.65. The monoisotopic (exact) mass is 250 g/mol. The summed E-state index contributed by atoms with van der Waals surface area (Å²) in [6.07, 6.45) is 2.25. The van der Waals surface area contributed by atoms with Gasteiger partial charge in [0.2, 0.25) is 0 Å². The molecule has 0 aromatic carbocycles. The van der Waals surface area contributed by atoms with E-state index < -0.39 is 0 Å². The van der Waals surface area contributed by atoms with Crippen LogP contribution in [0.25, 0.3) is 0 Å². The summed E-state index contributed by atoms with van der Waals surface area (Å²) in [6, 6.07) is 0.538. The molecule has 2 saturated heterocycles. The van der Waals surface area contributed by atoms with E-state index in [9.17, 15) is 4.79 Å². The Labute approximate surface area is 105 Å². The largest absolute Gasteiger partial charge is 0.383 e. The van der Waals surface area contributed by atoms with E-state index in [1.54, 1.807) is 6.92 Å². The van der Waals surface area contributed by atoms with Gasteiger partial charge in [0, 0.05) is 12.6 Å². The number of hydrogen-bond acceptors (Lipinski definition) is 5. The minimum atomic E-state index is -0.176. The molecule has 18 heavy (non-hydrogen) atoms. The van der Waals surface area contributed by atoms with E-state index in [1.807, 2.05) is 0 Å². The molecule has 3 N–H and O–H groups in total. The highest BCUT2D eigenvalue weighted by Crippen LogP contribution is 2.28. The fourth-order valence-corrected chi connectivity index (χ4v) is 2.70. The van der Waals surface area contributed by atoms with E-state index in [1.165, 1.54) is 12.8 Å². The Morgan fingerprint density at radius 3 is 3.17 bits per heavy atom. The smallest absolute Gasteiger partial charge is 0.255 e. The maximum atomic E-state index is 11.7. The van der Waals surface area contributed by atoms with Crippen molar-refractivity contribution in [2.75, 3.05) is 25.4 Å². The van der Waals surface area contributed by atoms with Crippen molar-refractivity contribution in [1.82, 2.24) is 14.9 Å². The van der Waals surface area contributed by atoms with Crippen LogP contribution in [0.1, 0.15) is 30.3 Å². The van der Waals surface area contributed by atoms with Gasteiger partial charge in [-0.05, 0) is 26.3 Å². The summed E-state index contributed by atoms with van der Waals surface area (Å²) in [7, 11) is 0. The number of rotatable bonds is 1. The van der Waals surface area contributed by atoms with Crippen molar-refractivity contribution in [3.63, 3.8) is 0 Å². The van der Waals surface area contributed by atoms with E-state index in [2.05, 4.69) is 14.9 Å². The first-order valence-electron chi connectivity index (χ1n) is 6.37. The van der Waals surface area contributed by atoms with Gasteiger partial charge in [-0.25, -0.2) is 4.98 Å². The molecule has 6 heteroatoms. The van der Waals surface area contributed by atoms with Crippen LogP contribution in [-0.4, -0.2) is 40.6 Å². The molecule has 2 aliphatic heterocycles. The molecule has 2 atom stereocenters. The number of nitrogens with one attached hydrogen (secondary N) is 1. The molecule has 0 amide bonds. The highest BCUT2D eigenvalue weighted by Gasteiger charge is 2.34. The summed E-state index contributed by atoms with van der Waals surface area (Å²) >= 11 is 0. The van der Waals surface area contributed by atoms with Crippen LogP contribution in [0.3, 0.4) is 0 Å². The van der Waals surface area contributed by atoms with Crippen molar-refractivity contribution in [2.45, 2.75) is 31.9 Å². The lowest BCUT2D eigenvalue weighted by Crippen LogP contribution is -2.43. The molecule has 1 aromatic heterocycles. The lowest BCUT2D eigenvalue weighted by atomic mass is 10.2. The summed E-state index contributed by atoms with van der Waals surface area (Å²) < 4.78 is 5.80. The highest BCUT2D eigenvalue weighted by molar-refractivity contribution is 5.36. The van der Waals surface area contributed by atoms with E-state index in [0.717, 1.165) is 13.1 Å². The van der Waals surface area contributed by atoms with Crippen molar-refractivity contribution >= 4 is 5.82 Å². The Hall–Kier alpha value is -1.40. The average Bonchev–Trinajstić information content (AvgIpc) is 2.82. The first kappa shape index (κ1) is 11.7. The number of ether oxygens (including phenoxy) is 1. The van der Waals surface area contributed by atoms with E-state index in [0.29, 0.717) is 29.9 Å². The minimum absolute atomic E-state index is 0.171. The molecule has 0 saturated carbocycles. The van der Waals surface area contributed by atoms with Gasteiger partial charge in [-0.3, -0.25) is 9.69 Å². The Bertz CT molecular complexity index is 513. The number of anilines is 1. The van der Waals surface area contributed by atoms with E-state index >= 15 is 0 Å². The number of nitrogen functional groups attached to an aromatic ring is 1. The predicted molar refractivity (Wildman–Crippen MR) is 67.3 cm³/mol. The zero-order valence-corrected chi connectivity index (χ0v) is 10.5. The third-order valence-corrected chi connectivity index (χ3v) is 3.90. The van der Waals surface area contributed by atoms with Gasteiger partial charge in [-0.1, -0.05) is 0 Å². The summed E-state index contributed by atoms with van der Waals surface area (Å²) in [5.74, 6) is 0.842. The van der Waals surface area contributed by atoms with Gasteiger partial charge < -0.3 is 15.5 Å².